The van der Waals surface area contributed by atoms with Crippen LogP contribution in [-0.4, -0.2) is 26.9 Å². The van der Waals surface area contributed by atoms with Gasteiger partial charge in [-0.1, -0.05) is 12.8 Å². The van der Waals surface area contributed by atoms with Crippen LogP contribution in [0.1, 0.15) is 30.6 Å². The molecule has 1 atom stereocenters. The Morgan fingerprint density at radius 3 is 2.45 bits per heavy atom. The van der Waals surface area contributed by atoms with Gasteiger partial charge in [-0.25, -0.2) is 8.42 Å². The molecule has 0 saturated carbocycles. The molecule has 0 fully saturated rings. The summed E-state index contributed by atoms with van der Waals surface area (Å²) in [5.74, 6) is 1.97. The molecule has 20 heavy (non-hydrogen) atoms. The van der Waals surface area contributed by atoms with E-state index in [1.165, 1.54) is 24.3 Å². The van der Waals surface area contributed by atoms with E-state index in [0.29, 0.717) is 5.56 Å². The van der Waals surface area contributed by atoms with E-state index in [4.69, 9.17) is 6.42 Å². The maximum absolute atomic E-state index is 11.8. The number of amides is 1. The highest BCUT2D eigenvalue weighted by atomic mass is 32.2. The van der Waals surface area contributed by atoms with Gasteiger partial charge in [-0.2, -0.15) is 4.72 Å². The lowest BCUT2D eigenvalue weighted by molar-refractivity contribution is 0.0939. The van der Waals surface area contributed by atoms with Gasteiger partial charge in [0.05, 0.1) is 11.4 Å². The van der Waals surface area contributed by atoms with Crippen LogP contribution in [0.3, 0.4) is 0 Å². The van der Waals surface area contributed by atoms with E-state index in [1.54, 1.807) is 0 Å². The minimum atomic E-state index is -3.62. The highest BCUT2D eigenvalue weighted by molar-refractivity contribution is 7.89. The van der Waals surface area contributed by atoms with Gasteiger partial charge in [0, 0.05) is 11.6 Å². The topological polar surface area (TPSA) is 75.3 Å². The Kier molecular flexibility index (Phi) is 5.74. The second kappa shape index (κ2) is 7.08. The summed E-state index contributed by atoms with van der Waals surface area (Å²) in [5, 5.41) is 2.81. The second-order valence-electron chi connectivity index (χ2n) is 4.34. The molecule has 1 aromatic carbocycles. The molecule has 0 aliphatic heterocycles. The molecule has 0 aliphatic carbocycles. The van der Waals surface area contributed by atoms with Crippen LogP contribution >= 0.6 is 0 Å². The van der Waals surface area contributed by atoms with Crippen molar-refractivity contribution in [2.24, 2.45) is 0 Å². The SMILES string of the molecule is C#CCNS(=O)(=O)c1ccc(C(=O)N[C@@H](C)CC)cc1. The fourth-order valence-corrected chi connectivity index (χ4v) is 2.35. The van der Waals surface area contributed by atoms with E-state index in [0.717, 1.165) is 6.42 Å². The summed E-state index contributed by atoms with van der Waals surface area (Å²) in [4.78, 5) is 11.9. The molecule has 0 bridgehead atoms. The van der Waals surface area contributed by atoms with Crippen LogP contribution in [0.4, 0.5) is 0 Å². The van der Waals surface area contributed by atoms with Gasteiger partial charge < -0.3 is 5.32 Å². The number of carbonyl (C=O) groups excluding carboxylic acids is 1. The Balaban J connectivity index is 2.84. The molecular formula is C14H18N2O3S. The molecule has 0 radical (unpaired) electrons. The molecule has 108 valence electrons. The number of hydrogen-bond donors (Lipinski definition) is 2. The summed E-state index contributed by atoms with van der Waals surface area (Å²) < 4.78 is 25.8. The Hall–Kier alpha value is -1.84. The van der Waals surface area contributed by atoms with Crippen LogP contribution in [0, 0.1) is 12.3 Å². The van der Waals surface area contributed by atoms with Crippen molar-refractivity contribution >= 4 is 15.9 Å². The Morgan fingerprint density at radius 2 is 1.95 bits per heavy atom. The predicted molar refractivity (Wildman–Crippen MR) is 77.7 cm³/mol. The number of nitrogens with one attached hydrogen (secondary N) is 2. The van der Waals surface area contributed by atoms with E-state index in [2.05, 4.69) is 16.0 Å². The second-order valence-corrected chi connectivity index (χ2v) is 6.10. The van der Waals surface area contributed by atoms with Crippen molar-refractivity contribution < 1.29 is 13.2 Å². The first kappa shape index (κ1) is 16.2. The van der Waals surface area contributed by atoms with E-state index >= 15 is 0 Å². The minimum Gasteiger partial charge on any atom is -0.350 e. The highest BCUT2D eigenvalue weighted by Gasteiger charge is 2.14. The van der Waals surface area contributed by atoms with E-state index < -0.39 is 10.0 Å². The van der Waals surface area contributed by atoms with E-state index in [-0.39, 0.29) is 23.4 Å². The molecule has 0 unspecified atom stereocenters. The average molecular weight is 294 g/mol. The summed E-state index contributed by atoms with van der Waals surface area (Å²) in [6.45, 7) is 3.80. The first-order chi connectivity index (χ1) is 9.40. The molecule has 0 saturated heterocycles. The van der Waals surface area contributed by atoms with Gasteiger partial charge in [-0.3, -0.25) is 4.79 Å². The maximum Gasteiger partial charge on any atom is 0.251 e. The molecule has 0 spiro atoms. The Bertz CT molecular complexity index is 600. The number of hydrogen-bond acceptors (Lipinski definition) is 3. The van der Waals surface area contributed by atoms with Gasteiger partial charge >= 0.3 is 0 Å². The lowest BCUT2D eigenvalue weighted by atomic mass is 10.2. The Labute approximate surface area is 119 Å². The van der Waals surface area contributed by atoms with Crippen molar-refractivity contribution in [3.05, 3.63) is 29.8 Å². The summed E-state index contributed by atoms with van der Waals surface area (Å²) in [6.07, 6.45) is 5.83. The van der Waals surface area contributed by atoms with Crippen LogP contribution in [0.5, 0.6) is 0 Å². The smallest absolute Gasteiger partial charge is 0.251 e. The number of rotatable bonds is 6. The zero-order chi connectivity index (χ0) is 15.2. The van der Waals surface area contributed by atoms with Crippen molar-refractivity contribution in [1.82, 2.24) is 10.0 Å². The Morgan fingerprint density at radius 1 is 1.35 bits per heavy atom. The quantitative estimate of drug-likeness (QED) is 0.772. The number of benzene rings is 1. The third-order valence-electron chi connectivity index (χ3n) is 2.78. The third-order valence-corrected chi connectivity index (χ3v) is 4.20. The molecule has 0 heterocycles. The summed E-state index contributed by atoms with van der Waals surface area (Å²) in [5.41, 5.74) is 0.418. The number of sulfonamides is 1. The van der Waals surface area contributed by atoms with Crippen LogP contribution in [-0.2, 0) is 10.0 Å². The van der Waals surface area contributed by atoms with Crippen molar-refractivity contribution in [3.8, 4) is 12.3 Å². The maximum atomic E-state index is 11.8. The first-order valence-electron chi connectivity index (χ1n) is 6.24. The van der Waals surface area contributed by atoms with Crippen LogP contribution < -0.4 is 10.0 Å². The summed E-state index contributed by atoms with van der Waals surface area (Å²) >= 11 is 0. The molecule has 2 N–H and O–H groups in total. The van der Waals surface area contributed by atoms with Gasteiger partial charge in [0.1, 0.15) is 0 Å². The normalized spacial score (nSPS) is 12.4. The number of carbonyl (C=O) groups is 1. The van der Waals surface area contributed by atoms with Gasteiger partial charge in [0.15, 0.2) is 0 Å². The first-order valence-corrected chi connectivity index (χ1v) is 7.73. The molecular weight excluding hydrogens is 276 g/mol. The van der Waals surface area contributed by atoms with Crippen molar-refractivity contribution in [2.75, 3.05) is 6.54 Å². The lowest BCUT2D eigenvalue weighted by Crippen LogP contribution is -2.32. The predicted octanol–water partition coefficient (Wildman–Crippen LogP) is 1.13. The zero-order valence-corrected chi connectivity index (χ0v) is 12.3. The third kappa shape index (κ3) is 4.37. The van der Waals surface area contributed by atoms with Gasteiger partial charge in [0.25, 0.3) is 5.91 Å². The van der Waals surface area contributed by atoms with Gasteiger partial charge in [-0.15, -0.1) is 6.42 Å². The molecule has 1 rings (SSSR count). The fraction of sp³-hybridized carbons (Fsp3) is 0.357. The van der Waals surface area contributed by atoms with Crippen molar-refractivity contribution in [2.45, 2.75) is 31.2 Å². The largest absolute Gasteiger partial charge is 0.350 e. The molecule has 0 aromatic heterocycles. The zero-order valence-electron chi connectivity index (χ0n) is 11.5. The molecule has 0 aliphatic rings. The number of terminal acetylenes is 1. The van der Waals surface area contributed by atoms with Crippen molar-refractivity contribution in [1.29, 1.82) is 0 Å². The summed E-state index contributed by atoms with van der Waals surface area (Å²) in [6, 6.07) is 5.78. The highest BCUT2D eigenvalue weighted by Crippen LogP contribution is 2.10. The molecule has 1 amide bonds. The van der Waals surface area contributed by atoms with Crippen molar-refractivity contribution in [3.63, 3.8) is 0 Å². The summed E-state index contributed by atoms with van der Waals surface area (Å²) in [7, 11) is -3.62. The monoisotopic (exact) mass is 294 g/mol. The van der Waals surface area contributed by atoms with Gasteiger partial charge in [0.2, 0.25) is 10.0 Å². The minimum absolute atomic E-state index is 0.0708. The van der Waals surface area contributed by atoms with Crippen LogP contribution in [0.25, 0.3) is 0 Å². The van der Waals surface area contributed by atoms with Crippen LogP contribution in [0.2, 0.25) is 0 Å². The molecule has 6 heteroatoms. The van der Waals surface area contributed by atoms with E-state index in [9.17, 15) is 13.2 Å². The average Bonchev–Trinajstić information content (AvgIpc) is 2.45. The molecule has 5 nitrogen and oxygen atoms in total. The van der Waals surface area contributed by atoms with Crippen LogP contribution in [0.15, 0.2) is 29.2 Å². The molecule has 1 aromatic rings. The van der Waals surface area contributed by atoms with E-state index in [1.807, 2.05) is 13.8 Å². The standard InChI is InChI=1S/C14H18N2O3S/c1-4-10-15-20(18,19)13-8-6-12(7-9-13)14(17)16-11(3)5-2/h1,6-9,11,15H,5,10H2,2-3H3,(H,16,17)/t11-/m0/s1. The fourth-order valence-electron chi connectivity index (χ4n) is 1.41. The lowest BCUT2D eigenvalue weighted by Gasteiger charge is -2.11. The van der Waals surface area contributed by atoms with Gasteiger partial charge in [-0.05, 0) is 37.6 Å².